The number of carbonyl (C=O) groups excluding carboxylic acids is 1. The Bertz CT molecular complexity index is 813. The van der Waals surface area contributed by atoms with Crippen LogP contribution >= 0.6 is 0 Å². The summed E-state index contributed by atoms with van der Waals surface area (Å²) in [5.74, 6) is -0.00794. The van der Waals surface area contributed by atoms with Crippen molar-refractivity contribution in [2.24, 2.45) is 0 Å². The van der Waals surface area contributed by atoms with Gasteiger partial charge < -0.3 is 19.7 Å². The Morgan fingerprint density at radius 3 is 2.62 bits per heavy atom. The van der Waals surface area contributed by atoms with Gasteiger partial charge in [0.2, 0.25) is 0 Å². The first kappa shape index (κ1) is 24.2. The third kappa shape index (κ3) is 6.79. The van der Waals surface area contributed by atoms with Gasteiger partial charge in [-0.2, -0.15) is 0 Å². The fourth-order valence-electron chi connectivity index (χ4n) is 4.14. The Morgan fingerprint density at radius 2 is 1.94 bits per heavy atom. The van der Waals surface area contributed by atoms with E-state index in [9.17, 15) is 4.79 Å². The highest BCUT2D eigenvalue weighted by molar-refractivity contribution is 5.94. The number of hydrogen-bond donors (Lipinski definition) is 1. The van der Waals surface area contributed by atoms with E-state index < -0.39 is 0 Å². The lowest BCUT2D eigenvalue weighted by Crippen LogP contribution is -2.36. The molecule has 0 aliphatic carbocycles. The first-order valence-electron chi connectivity index (χ1n) is 11.6. The summed E-state index contributed by atoms with van der Waals surface area (Å²) in [4.78, 5) is 17.1. The van der Waals surface area contributed by atoms with Gasteiger partial charge in [0.15, 0.2) is 0 Å². The van der Waals surface area contributed by atoms with Crippen LogP contribution in [0.3, 0.4) is 0 Å². The molecule has 0 aromatic heterocycles. The lowest BCUT2D eigenvalue weighted by atomic mass is 10.0. The summed E-state index contributed by atoms with van der Waals surface area (Å²) in [6.07, 6.45) is 3.32. The molecule has 1 heterocycles. The van der Waals surface area contributed by atoms with Crippen molar-refractivity contribution in [1.29, 1.82) is 0 Å². The van der Waals surface area contributed by atoms with E-state index in [1.165, 1.54) is 5.56 Å². The lowest BCUT2D eigenvalue weighted by molar-refractivity contribution is -0.0671. The molecule has 0 spiro atoms. The molecule has 0 saturated carbocycles. The molecule has 1 amide bonds. The largest absolute Gasteiger partial charge is 0.366 e. The highest BCUT2D eigenvalue weighted by Crippen LogP contribution is 2.28. The van der Waals surface area contributed by atoms with Crippen molar-refractivity contribution in [2.75, 3.05) is 52.0 Å². The van der Waals surface area contributed by atoms with E-state index in [1.807, 2.05) is 24.3 Å². The van der Waals surface area contributed by atoms with Crippen LogP contribution in [-0.2, 0) is 9.47 Å². The maximum Gasteiger partial charge on any atom is 0.251 e. The van der Waals surface area contributed by atoms with E-state index in [2.05, 4.69) is 59.4 Å². The quantitative estimate of drug-likeness (QED) is 0.399. The zero-order valence-corrected chi connectivity index (χ0v) is 19.6. The molecule has 1 aliphatic heterocycles. The van der Waals surface area contributed by atoms with Crippen LogP contribution in [-0.4, -0.2) is 64.0 Å². The summed E-state index contributed by atoms with van der Waals surface area (Å²) in [5.41, 5.74) is 3.07. The Hall–Kier alpha value is -2.41. The van der Waals surface area contributed by atoms with Gasteiger partial charge in [-0.05, 0) is 42.7 Å². The third-order valence-corrected chi connectivity index (χ3v) is 6.09. The van der Waals surface area contributed by atoms with Gasteiger partial charge in [0.1, 0.15) is 6.79 Å². The molecule has 1 N–H and O–H groups in total. The Labute approximate surface area is 192 Å². The second-order valence-electron chi connectivity index (χ2n) is 8.44. The summed E-state index contributed by atoms with van der Waals surface area (Å²) in [7, 11) is 3.79. The number of unbranched alkanes of at least 4 members (excludes halogenated alkanes) is 1. The number of nitrogens with zero attached hydrogens (tertiary/aromatic N) is 2. The van der Waals surface area contributed by atoms with Crippen LogP contribution in [0.1, 0.15) is 48.1 Å². The molecule has 174 valence electrons. The summed E-state index contributed by atoms with van der Waals surface area (Å²) < 4.78 is 10.8. The normalized spacial score (nSPS) is 17.3. The predicted octanol–water partition coefficient (Wildman–Crippen LogP) is 4.09. The zero-order valence-electron chi connectivity index (χ0n) is 19.6. The number of likely N-dealkylation sites (N-methyl/N-ethyl adjacent to an activating group) is 1. The molecule has 3 rings (SSSR count). The van der Waals surface area contributed by atoms with Gasteiger partial charge in [0.05, 0.1) is 12.1 Å². The fourth-order valence-corrected chi connectivity index (χ4v) is 4.14. The van der Waals surface area contributed by atoms with Crippen LogP contribution in [0.15, 0.2) is 54.6 Å². The summed E-state index contributed by atoms with van der Waals surface area (Å²) in [5, 5.41) is 2.98. The molecule has 1 fully saturated rings. The summed E-state index contributed by atoms with van der Waals surface area (Å²) in [6.45, 7) is 6.03. The number of carbonyl (C=O) groups is 1. The SMILES string of the molecule is CCCCNC(=O)c1ccc(N(C)[C@H](CN2CC[C@H](OCOC)C2)c2ccccc2)cc1. The van der Waals surface area contributed by atoms with Crippen LogP contribution in [0.25, 0.3) is 0 Å². The maximum absolute atomic E-state index is 12.3. The molecule has 32 heavy (non-hydrogen) atoms. The minimum Gasteiger partial charge on any atom is -0.366 e. The standard InChI is InChI=1S/C26H37N3O3/c1-4-5-16-27-26(30)22-11-13-23(14-12-22)28(2)25(21-9-7-6-8-10-21)19-29-17-15-24(18-29)32-20-31-3/h6-14,24-25H,4-5,15-20H2,1-3H3,(H,27,30)/t24-,25+/m0/s1. The molecule has 2 aromatic rings. The highest BCUT2D eigenvalue weighted by Gasteiger charge is 2.27. The number of anilines is 1. The molecule has 6 heteroatoms. The molecular formula is C26H37N3O3. The Morgan fingerprint density at radius 1 is 1.19 bits per heavy atom. The first-order valence-corrected chi connectivity index (χ1v) is 11.6. The summed E-state index contributed by atoms with van der Waals surface area (Å²) >= 11 is 0. The fraction of sp³-hybridized carbons (Fsp3) is 0.500. The number of methoxy groups -OCH3 is 1. The minimum atomic E-state index is -0.00794. The van der Waals surface area contributed by atoms with Crippen LogP contribution in [0.2, 0.25) is 0 Å². The van der Waals surface area contributed by atoms with E-state index in [-0.39, 0.29) is 18.1 Å². The topological polar surface area (TPSA) is 54.0 Å². The van der Waals surface area contributed by atoms with Crippen molar-refractivity contribution < 1.29 is 14.3 Å². The van der Waals surface area contributed by atoms with Crippen LogP contribution in [0.4, 0.5) is 5.69 Å². The molecular weight excluding hydrogens is 402 g/mol. The van der Waals surface area contributed by atoms with E-state index in [0.717, 1.165) is 51.1 Å². The Balaban J connectivity index is 1.69. The molecule has 1 aliphatic rings. The van der Waals surface area contributed by atoms with Gasteiger partial charge >= 0.3 is 0 Å². The predicted molar refractivity (Wildman–Crippen MR) is 129 cm³/mol. The van der Waals surface area contributed by atoms with Crippen LogP contribution in [0, 0.1) is 0 Å². The van der Waals surface area contributed by atoms with E-state index >= 15 is 0 Å². The smallest absolute Gasteiger partial charge is 0.251 e. The number of rotatable bonds is 12. The number of ether oxygens (including phenoxy) is 2. The zero-order chi connectivity index (χ0) is 22.8. The molecule has 2 aromatic carbocycles. The van der Waals surface area contributed by atoms with Gasteiger partial charge in [0, 0.05) is 51.6 Å². The maximum atomic E-state index is 12.3. The highest BCUT2D eigenvalue weighted by atomic mass is 16.7. The molecule has 6 nitrogen and oxygen atoms in total. The molecule has 0 unspecified atom stereocenters. The van der Waals surface area contributed by atoms with Gasteiger partial charge in [-0.15, -0.1) is 0 Å². The first-order chi connectivity index (χ1) is 15.6. The van der Waals surface area contributed by atoms with Crippen molar-refractivity contribution in [3.63, 3.8) is 0 Å². The average molecular weight is 440 g/mol. The molecule has 0 bridgehead atoms. The van der Waals surface area contributed by atoms with E-state index in [1.54, 1.807) is 7.11 Å². The third-order valence-electron chi connectivity index (χ3n) is 6.09. The van der Waals surface area contributed by atoms with Gasteiger partial charge in [-0.25, -0.2) is 0 Å². The summed E-state index contributed by atoms with van der Waals surface area (Å²) in [6, 6.07) is 18.7. The minimum absolute atomic E-state index is 0.00794. The van der Waals surface area contributed by atoms with Gasteiger partial charge in [-0.1, -0.05) is 43.7 Å². The number of benzene rings is 2. The van der Waals surface area contributed by atoms with Crippen LogP contribution in [0.5, 0.6) is 0 Å². The van der Waals surface area contributed by atoms with Crippen molar-refractivity contribution in [2.45, 2.75) is 38.3 Å². The molecule has 1 saturated heterocycles. The number of likely N-dealkylation sites (tertiary alicyclic amines) is 1. The van der Waals surface area contributed by atoms with Gasteiger partial charge in [-0.3, -0.25) is 9.69 Å². The van der Waals surface area contributed by atoms with Crippen molar-refractivity contribution in [3.05, 3.63) is 65.7 Å². The van der Waals surface area contributed by atoms with Crippen LogP contribution < -0.4 is 10.2 Å². The van der Waals surface area contributed by atoms with Crippen molar-refractivity contribution >= 4 is 11.6 Å². The molecule has 2 atom stereocenters. The second-order valence-corrected chi connectivity index (χ2v) is 8.44. The number of nitrogens with one attached hydrogen (secondary N) is 1. The number of hydrogen-bond acceptors (Lipinski definition) is 5. The monoisotopic (exact) mass is 439 g/mol. The number of amides is 1. The van der Waals surface area contributed by atoms with Gasteiger partial charge in [0.25, 0.3) is 5.91 Å². The Kier molecular flexibility index (Phi) is 9.53. The second kappa shape index (κ2) is 12.6. The molecule has 0 radical (unpaired) electrons. The lowest BCUT2D eigenvalue weighted by Gasteiger charge is -2.33. The average Bonchev–Trinajstić information content (AvgIpc) is 3.29. The van der Waals surface area contributed by atoms with E-state index in [4.69, 9.17) is 9.47 Å². The van der Waals surface area contributed by atoms with Crippen molar-refractivity contribution in [3.8, 4) is 0 Å². The van der Waals surface area contributed by atoms with Crippen molar-refractivity contribution in [1.82, 2.24) is 10.2 Å². The van der Waals surface area contributed by atoms with E-state index in [0.29, 0.717) is 12.4 Å².